The molecular formula is C12H25NO4S. The molecule has 0 heterocycles. The minimum atomic E-state index is -3.50. The molecule has 6 heteroatoms. The Bertz CT molecular complexity index is 387. The predicted octanol–water partition coefficient (Wildman–Crippen LogP) is 1.84. The van der Waals surface area contributed by atoms with E-state index in [0.29, 0.717) is 6.42 Å². The lowest BCUT2D eigenvalue weighted by atomic mass is 9.85. The average molecular weight is 279 g/mol. The molecule has 0 saturated carbocycles. The smallest absolute Gasteiger partial charge is 0.307 e. The fourth-order valence-corrected chi connectivity index (χ4v) is 2.27. The van der Waals surface area contributed by atoms with Crippen LogP contribution in [0.1, 0.15) is 48.0 Å². The molecule has 108 valence electrons. The Balaban J connectivity index is 4.71. The first kappa shape index (κ1) is 17.4. The van der Waals surface area contributed by atoms with Crippen LogP contribution in [0.5, 0.6) is 0 Å². The van der Waals surface area contributed by atoms with Gasteiger partial charge >= 0.3 is 5.97 Å². The Morgan fingerprint density at radius 1 is 1.17 bits per heavy atom. The van der Waals surface area contributed by atoms with Crippen molar-refractivity contribution in [2.45, 2.75) is 52.7 Å². The van der Waals surface area contributed by atoms with Crippen LogP contribution in [-0.4, -0.2) is 30.8 Å². The lowest BCUT2D eigenvalue weighted by molar-refractivity contribution is -0.142. The maximum atomic E-state index is 11.8. The summed E-state index contributed by atoms with van der Waals surface area (Å²) in [5, 5.41) is 9.10. The number of carboxylic acid groups (broad SMARTS) is 1. The maximum Gasteiger partial charge on any atom is 0.307 e. The van der Waals surface area contributed by atoms with E-state index in [1.165, 1.54) is 0 Å². The summed E-state index contributed by atoms with van der Waals surface area (Å²) in [4.78, 5) is 11.1. The van der Waals surface area contributed by atoms with E-state index in [-0.39, 0.29) is 12.0 Å². The molecule has 1 atom stereocenters. The van der Waals surface area contributed by atoms with Crippen LogP contribution in [0.3, 0.4) is 0 Å². The van der Waals surface area contributed by atoms with Crippen molar-refractivity contribution in [3.63, 3.8) is 0 Å². The highest BCUT2D eigenvalue weighted by Gasteiger charge is 2.31. The SMILES string of the molecule is CC(C)(C)CC(CNS(=O)(=O)C(C)(C)C)C(=O)O. The van der Waals surface area contributed by atoms with E-state index in [9.17, 15) is 13.2 Å². The molecule has 5 nitrogen and oxygen atoms in total. The van der Waals surface area contributed by atoms with Crippen LogP contribution in [0.4, 0.5) is 0 Å². The number of rotatable bonds is 5. The summed E-state index contributed by atoms with van der Waals surface area (Å²) in [6, 6.07) is 0. The second kappa shape index (κ2) is 5.57. The Morgan fingerprint density at radius 3 is 1.89 bits per heavy atom. The number of carboxylic acids is 1. The maximum absolute atomic E-state index is 11.8. The Hall–Kier alpha value is -0.620. The van der Waals surface area contributed by atoms with Crippen molar-refractivity contribution >= 4 is 16.0 Å². The van der Waals surface area contributed by atoms with Gasteiger partial charge in [0.2, 0.25) is 10.0 Å². The van der Waals surface area contributed by atoms with E-state index in [1.807, 2.05) is 20.8 Å². The molecule has 0 spiro atoms. The van der Waals surface area contributed by atoms with Gasteiger partial charge in [0.25, 0.3) is 0 Å². The van der Waals surface area contributed by atoms with Gasteiger partial charge in [-0.2, -0.15) is 0 Å². The molecular weight excluding hydrogens is 254 g/mol. The van der Waals surface area contributed by atoms with E-state index in [1.54, 1.807) is 20.8 Å². The van der Waals surface area contributed by atoms with E-state index in [2.05, 4.69) is 4.72 Å². The number of hydrogen-bond acceptors (Lipinski definition) is 3. The molecule has 0 bridgehead atoms. The molecule has 18 heavy (non-hydrogen) atoms. The number of carbonyl (C=O) groups is 1. The average Bonchev–Trinajstić information content (AvgIpc) is 2.08. The molecule has 0 aliphatic carbocycles. The number of aliphatic carboxylic acids is 1. The molecule has 0 radical (unpaired) electrons. The van der Waals surface area contributed by atoms with Crippen LogP contribution in [0.2, 0.25) is 0 Å². The highest BCUT2D eigenvalue weighted by molar-refractivity contribution is 7.90. The van der Waals surface area contributed by atoms with E-state index in [0.717, 1.165) is 0 Å². The first-order valence-corrected chi connectivity index (χ1v) is 7.46. The lowest BCUT2D eigenvalue weighted by Crippen LogP contribution is -2.43. The highest BCUT2D eigenvalue weighted by atomic mass is 32.2. The van der Waals surface area contributed by atoms with Crippen LogP contribution in [0.25, 0.3) is 0 Å². The molecule has 0 aromatic rings. The second-order valence-corrected chi connectivity index (χ2v) is 9.28. The highest BCUT2D eigenvalue weighted by Crippen LogP contribution is 2.24. The van der Waals surface area contributed by atoms with Crippen LogP contribution in [-0.2, 0) is 14.8 Å². The molecule has 0 aliphatic heterocycles. The Labute approximate surface area is 110 Å². The fourth-order valence-electron chi connectivity index (χ4n) is 1.41. The van der Waals surface area contributed by atoms with Crippen LogP contribution in [0.15, 0.2) is 0 Å². The third-order valence-electron chi connectivity index (χ3n) is 2.53. The molecule has 1 unspecified atom stereocenters. The van der Waals surface area contributed by atoms with Gasteiger partial charge in [-0.05, 0) is 32.6 Å². The molecule has 0 rings (SSSR count). The largest absolute Gasteiger partial charge is 0.481 e. The van der Waals surface area contributed by atoms with Gasteiger partial charge in [0, 0.05) is 6.54 Å². The van der Waals surface area contributed by atoms with Crippen molar-refractivity contribution in [3.05, 3.63) is 0 Å². The van der Waals surface area contributed by atoms with Crippen LogP contribution < -0.4 is 4.72 Å². The molecule has 0 aromatic carbocycles. The summed E-state index contributed by atoms with van der Waals surface area (Å²) >= 11 is 0. The zero-order chi connectivity index (χ0) is 14.8. The van der Waals surface area contributed by atoms with Crippen molar-refractivity contribution in [1.29, 1.82) is 0 Å². The van der Waals surface area contributed by atoms with Gasteiger partial charge in [-0.15, -0.1) is 0 Å². The van der Waals surface area contributed by atoms with E-state index in [4.69, 9.17) is 5.11 Å². The predicted molar refractivity (Wildman–Crippen MR) is 71.9 cm³/mol. The first-order valence-electron chi connectivity index (χ1n) is 5.98. The van der Waals surface area contributed by atoms with Crippen LogP contribution in [0, 0.1) is 11.3 Å². The normalized spacial score (nSPS) is 15.4. The summed E-state index contributed by atoms with van der Waals surface area (Å²) in [6.45, 7) is 10.5. The van der Waals surface area contributed by atoms with Crippen LogP contribution >= 0.6 is 0 Å². The monoisotopic (exact) mass is 279 g/mol. The van der Waals surface area contributed by atoms with Crippen molar-refractivity contribution in [1.82, 2.24) is 4.72 Å². The van der Waals surface area contributed by atoms with Crippen molar-refractivity contribution in [2.24, 2.45) is 11.3 Å². The van der Waals surface area contributed by atoms with Gasteiger partial charge in [-0.25, -0.2) is 13.1 Å². The number of sulfonamides is 1. The Kier molecular flexibility index (Phi) is 5.38. The molecule has 0 saturated heterocycles. The Morgan fingerprint density at radius 2 is 1.61 bits per heavy atom. The van der Waals surface area contributed by atoms with Gasteiger partial charge in [-0.1, -0.05) is 20.8 Å². The van der Waals surface area contributed by atoms with Gasteiger partial charge in [-0.3, -0.25) is 4.79 Å². The minimum absolute atomic E-state index is 0.0633. The molecule has 0 aromatic heterocycles. The molecule has 0 fully saturated rings. The van der Waals surface area contributed by atoms with Crippen molar-refractivity contribution in [2.75, 3.05) is 6.54 Å². The topological polar surface area (TPSA) is 83.5 Å². The number of nitrogens with one attached hydrogen (secondary N) is 1. The van der Waals surface area contributed by atoms with Gasteiger partial charge in [0.05, 0.1) is 10.7 Å². The molecule has 2 N–H and O–H groups in total. The lowest BCUT2D eigenvalue weighted by Gasteiger charge is -2.25. The molecule has 0 aliphatic rings. The first-order chi connectivity index (χ1) is 7.76. The summed E-state index contributed by atoms with van der Waals surface area (Å²) in [6.07, 6.45) is 0.426. The zero-order valence-electron chi connectivity index (χ0n) is 12.1. The summed E-state index contributed by atoms with van der Waals surface area (Å²) < 4.78 is 25.1. The third kappa shape index (κ3) is 5.82. The van der Waals surface area contributed by atoms with Gasteiger partial charge in [0.15, 0.2) is 0 Å². The molecule has 0 amide bonds. The van der Waals surface area contributed by atoms with Gasteiger partial charge < -0.3 is 5.11 Å². The third-order valence-corrected chi connectivity index (χ3v) is 4.69. The summed E-state index contributed by atoms with van der Waals surface area (Å²) in [7, 11) is -3.50. The summed E-state index contributed by atoms with van der Waals surface area (Å²) in [5.74, 6) is -1.68. The standard InChI is InChI=1S/C12H25NO4S/c1-11(2,3)7-9(10(14)15)8-13-18(16,17)12(4,5)6/h9,13H,7-8H2,1-6H3,(H,14,15). The quantitative estimate of drug-likeness (QED) is 0.804. The summed E-state index contributed by atoms with van der Waals surface area (Å²) in [5.41, 5.74) is -0.157. The van der Waals surface area contributed by atoms with Crippen molar-refractivity contribution in [3.8, 4) is 0 Å². The zero-order valence-corrected chi connectivity index (χ0v) is 12.9. The van der Waals surface area contributed by atoms with Crippen molar-refractivity contribution < 1.29 is 18.3 Å². The minimum Gasteiger partial charge on any atom is -0.481 e. The van der Waals surface area contributed by atoms with E-state index >= 15 is 0 Å². The number of hydrogen-bond donors (Lipinski definition) is 2. The second-order valence-electron chi connectivity index (χ2n) is 6.76. The van der Waals surface area contributed by atoms with E-state index < -0.39 is 26.7 Å². The van der Waals surface area contributed by atoms with Gasteiger partial charge in [0.1, 0.15) is 0 Å². The fraction of sp³-hybridized carbons (Fsp3) is 0.917.